The first kappa shape index (κ1) is 14.6. The number of nitrogens with two attached hydrogens (primary N) is 1. The van der Waals surface area contributed by atoms with Gasteiger partial charge in [0.1, 0.15) is 0 Å². The summed E-state index contributed by atoms with van der Waals surface area (Å²) in [6.07, 6.45) is 0.854. The Balaban J connectivity index is 1.69. The van der Waals surface area contributed by atoms with Gasteiger partial charge in [0, 0.05) is 24.5 Å². The summed E-state index contributed by atoms with van der Waals surface area (Å²) in [4.78, 5) is 16.7. The van der Waals surface area contributed by atoms with Crippen LogP contribution in [0.2, 0.25) is 0 Å². The number of carbonyl (C=O) groups is 1. The predicted octanol–water partition coefficient (Wildman–Crippen LogP) is 2.51. The van der Waals surface area contributed by atoms with Crippen LogP contribution in [0.1, 0.15) is 12.0 Å². The van der Waals surface area contributed by atoms with Crippen molar-refractivity contribution in [2.45, 2.75) is 19.0 Å². The van der Waals surface area contributed by atoms with E-state index >= 15 is 0 Å². The molecule has 1 unspecified atom stereocenters. The molecular weight excluding hydrogens is 274 g/mol. The Morgan fingerprint density at radius 2 is 1.95 bits per heavy atom. The SMILES string of the molecule is CN(Cc1cccc(N)c1)C1CCN(c2ccccc2)C1=O. The monoisotopic (exact) mass is 295 g/mol. The average molecular weight is 295 g/mol. The summed E-state index contributed by atoms with van der Waals surface area (Å²) in [5, 5.41) is 0. The van der Waals surface area contributed by atoms with Gasteiger partial charge in [-0.25, -0.2) is 0 Å². The third-order valence-corrected chi connectivity index (χ3v) is 4.16. The van der Waals surface area contributed by atoms with Crippen LogP contribution in [-0.4, -0.2) is 30.4 Å². The summed E-state index contributed by atoms with van der Waals surface area (Å²) in [5.74, 6) is 0.178. The standard InChI is InChI=1S/C18H21N3O/c1-20(13-14-6-5-7-15(19)12-14)17-10-11-21(18(17)22)16-8-3-2-4-9-16/h2-9,12,17H,10-11,13,19H2,1H3. The summed E-state index contributed by atoms with van der Waals surface area (Å²) in [7, 11) is 2.00. The number of benzene rings is 2. The van der Waals surface area contributed by atoms with Crippen molar-refractivity contribution in [3.8, 4) is 0 Å². The van der Waals surface area contributed by atoms with Crippen molar-refractivity contribution in [3.05, 3.63) is 60.2 Å². The van der Waals surface area contributed by atoms with Crippen LogP contribution < -0.4 is 10.6 Å². The molecule has 1 fully saturated rings. The first-order valence-electron chi connectivity index (χ1n) is 7.56. The van der Waals surface area contributed by atoms with Gasteiger partial charge in [-0.1, -0.05) is 30.3 Å². The molecule has 1 aliphatic heterocycles. The van der Waals surface area contributed by atoms with E-state index in [1.807, 2.05) is 66.5 Å². The Hall–Kier alpha value is -2.33. The number of nitrogen functional groups attached to an aromatic ring is 1. The quantitative estimate of drug-likeness (QED) is 0.882. The van der Waals surface area contributed by atoms with E-state index in [9.17, 15) is 4.79 Å². The number of hydrogen-bond donors (Lipinski definition) is 1. The van der Waals surface area contributed by atoms with Gasteiger partial charge in [-0.2, -0.15) is 0 Å². The van der Waals surface area contributed by atoms with E-state index < -0.39 is 0 Å². The molecule has 1 heterocycles. The van der Waals surface area contributed by atoms with E-state index in [0.717, 1.165) is 36.4 Å². The highest BCUT2D eigenvalue weighted by molar-refractivity contribution is 5.99. The van der Waals surface area contributed by atoms with Gasteiger partial charge in [0.2, 0.25) is 5.91 Å². The Morgan fingerprint density at radius 1 is 1.18 bits per heavy atom. The van der Waals surface area contributed by atoms with Crippen molar-refractivity contribution >= 4 is 17.3 Å². The second-order valence-electron chi connectivity index (χ2n) is 5.79. The number of nitrogens with zero attached hydrogens (tertiary/aromatic N) is 2. The minimum atomic E-state index is -0.0679. The Kier molecular flexibility index (Phi) is 4.11. The van der Waals surface area contributed by atoms with Crippen molar-refractivity contribution in [1.29, 1.82) is 0 Å². The largest absolute Gasteiger partial charge is 0.399 e. The zero-order chi connectivity index (χ0) is 15.5. The summed E-state index contributed by atoms with van der Waals surface area (Å²) < 4.78 is 0. The van der Waals surface area contributed by atoms with E-state index in [-0.39, 0.29) is 11.9 Å². The van der Waals surface area contributed by atoms with Gasteiger partial charge in [-0.15, -0.1) is 0 Å². The molecule has 0 aromatic heterocycles. The fourth-order valence-electron chi connectivity index (χ4n) is 3.03. The molecule has 1 saturated heterocycles. The molecule has 1 amide bonds. The second kappa shape index (κ2) is 6.20. The van der Waals surface area contributed by atoms with Crippen molar-refractivity contribution in [2.24, 2.45) is 0 Å². The molecule has 22 heavy (non-hydrogen) atoms. The molecule has 0 saturated carbocycles. The number of anilines is 2. The predicted molar refractivity (Wildman–Crippen MR) is 89.5 cm³/mol. The molecule has 1 atom stereocenters. The number of carbonyl (C=O) groups excluding carboxylic acids is 1. The van der Waals surface area contributed by atoms with Gasteiger partial charge in [-0.3, -0.25) is 9.69 Å². The molecule has 114 valence electrons. The first-order valence-corrected chi connectivity index (χ1v) is 7.56. The van der Waals surface area contributed by atoms with Crippen molar-refractivity contribution in [2.75, 3.05) is 24.2 Å². The fourth-order valence-corrected chi connectivity index (χ4v) is 3.03. The van der Waals surface area contributed by atoms with Crippen LogP contribution in [0.5, 0.6) is 0 Å². The lowest BCUT2D eigenvalue weighted by Gasteiger charge is -2.24. The minimum absolute atomic E-state index is 0.0679. The number of rotatable bonds is 4. The van der Waals surface area contributed by atoms with Crippen LogP contribution >= 0.6 is 0 Å². The lowest BCUT2D eigenvalue weighted by Crippen LogP contribution is -2.39. The number of para-hydroxylation sites is 1. The lowest BCUT2D eigenvalue weighted by molar-refractivity contribution is -0.121. The highest BCUT2D eigenvalue weighted by Crippen LogP contribution is 2.24. The smallest absolute Gasteiger partial charge is 0.244 e. The topological polar surface area (TPSA) is 49.6 Å². The van der Waals surface area contributed by atoms with Crippen LogP contribution in [0.15, 0.2) is 54.6 Å². The van der Waals surface area contributed by atoms with Crippen LogP contribution in [0.4, 0.5) is 11.4 Å². The van der Waals surface area contributed by atoms with Crippen molar-refractivity contribution in [1.82, 2.24) is 4.90 Å². The summed E-state index contributed by atoms with van der Waals surface area (Å²) in [6, 6.07) is 17.6. The zero-order valence-electron chi connectivity index (χ0n) is 12.8. The summed E-state index contributed by atoms with van der Waals surface area (Å²) >= 11 is 0. The van der Waals surface area contributed by atoms with Gasteiger partial charge >= 0.3 is 0 Å². The van der Waals surface area contributed by atoms with Gasteiger partial charge in [0.15, 0.2) is 0 Å². The lowest BCUT2D eigenvalue weighted by atomic mass is 10.1. The third kappa shape index (κ3) is 2.97. The highest BCUT2D eigenvalue weighted by Gasteiger charge is 2.35. The average Bonchev–Trinajstić information content (AvgIpc) is 2.90. The van der Waals surface area contributed by atoms with Gasteiger partial charge in [0.25, 0.3) is 0 Å². The van der Waals surface area contributed by atoms with Crippen LogP contribution in [0.3, 0.4) is 0 Å². The molecule has 4 heteroatoms. The van der Waals surface area contributed by atoms with E-state index in [4.69, 9.17) is 5.73 Å². The third-order valence-electron chi connectivity index (χ3n) is 4.16. The van der Waals surface area contributed by atoms with E-state index in [1.54, 1.807) is 0 Å². The van der Waals surface area contributed by atoms with Gasteiger partial charge in [-0.05, 0) is 43.3 Å². The number of likely N-dealkylation sites (N-methyl/N-ethyl adjacent to an activating group) is 1. The number of hydrogen-bond acceptors (Lipinski definition) is 3. The van der Waals surface area contributed by atoms with Gasteiger partial charge < -0.3 is 10.6 Å². The molecule has 1 aliphatic rings. The minimum Gasteiger partial charge on any atom is -0.399 e. The highest BCUT2D eigenvalue weighted by atomic mass is 16.2. The Bertz CT molecular complexity index is 656. The molecular formula is C18H21N3O. The molecule has 2 N–H and O–H groups in total. The molecule has 3 rings (SSSR count). The normalized spacial score (nSPS) is 18.2. The molecule has 0 aliphatic carbocycles. The summed E-state index contributed by atoms with van der Waals surface area (Å²) in [6.45, 7) is 1.50. The molecule has 4 nitrogen and oxygen atoms in total. The van der Waals surface area contributed by atoms with Crippen LogP contribution in [0, 0.1) is 0 Å². The van der Waals surface area contributed by atoms with Gasteiger partial charge in [0.05, 0.1) is 6.04 Å². The maximum atomic E-state index is 12.7. The van der Waals surface area contributed by atoms with E-state index in [2.05, 4.69) is 4.90 Å². The number of amides is 1. The zero-order valence-corrected chi connectivity index (χ0v) is 12.8. The fraction of sp³-hybridized carbons (Fsp3) is 0.278. The molecule has 0 radical (unpaired) electrons. The molecule has 2 aromatic carbocycles. The molecule has 0 spiro atoms. The first-order chi connectivity index (χ1) is 10.6. The summed E-state index contributed by atoms with van der Waals surface area (Å²) in [5.41, 5.74) is 8.69. The van der Waals surface area contributed by atoms with Crippen molar-refractivity contribution < 1.29 is 4.79 Å². The molecule has 2 aromatic rings. The van der Waals surface area contributed by atoms with Crippen molar-refractivity contribution in [3.63, 3.8) is 0 Å². The van der Waals surface area contributed by atoms with E-state index in [0.29, 0.717) is 0 Å². The maximum Gasteiger partial charge on any atom is 0.244 e. The second-order valence-corrected chi connectivity index (χ2v) is 5.79. The van der Waals surface area contributed by atoms with Crippen LogP contribution in [-0.2, 0) is 11.3 Å². The molecule has 0 bridgehead atoms. The van der Waals surface area contributed by atoms with E-state index in [1.165, 1.54) is 0 Å². The Morgan fingerprint density at radius 3 is 2.68 bits per heavy atom. The Labute approximate surface area is 131 Å². The van der Waals surface area contributed by atoms with Crippen LogP contribution in [0.25, 0.3) is 0 Å². The maximum absolute atomic E-state index is 12.7.